The number of halogens is 1. The SMILES string of the molecule is COC(=O)Cc1c(Cl)[nH]c(C=c2c(=O)[nH][nH]c2=CCc2ccccc2)c1C(=O)OC. The van der Waals surface area contributed by atoms with Gasteiger partial charge in [-0.1, -0.05) is 48.0 Å². The van der Waals surface area contributed by atoms with Crippen molar-refractivity contribution in [1.29, 1.82) is 0 Å². The zero-order chi connectivity index (χ0) is 21.7. The third-order valence-electron chi connectivity index (χ3n) is 4.54. The Kier molecular flexibility index (Phi) is 6.58. The van der Waals surface area contributed by atoms with Crippen molar-refractivity contribution in [3.05, 3.63) is 78.8 Å². The van der Waals surface area contributed by atoms with Crippen molar-refractivity contribution < 1.29 is 19.1 Å². The van der Waals surface area contributed by atoms with Crippen LogP contribution < -0.4 is 16.1 Å². The Morgan fingerprint density at radius 3 is 2.50 bits per heavy atom. The highest BCUT2D eigenvalue weighted by molar-refractivity contribution is 6.31. The predicted octanol–water partition coefficient (Wildman–Crippen LogP) is 1.04. The van der Waals surface area contributed by atoms with Crippen molar-refractivity contribution >= 4 is 35.7 Å². The second-order valence-corrected chi connectivity index (χ2v) is 6.77. The Morgan fingerprint density at radius 1 is 1.10 bits per heavy atom. The summed E-state index contributed by atoms with van der Waals surface area (Å²) in [4.78, 5) is 39.3. The second-order valence-electron chi connectivity index (χ2n) is 6.40. The van der Waals surface area contributed by atoms with Crippen molar-refractivity contribution in [3.8, 4) is 0 Å². The van der Waals surface area contributed by atoms with Crippen LogP contribution in [0.25, 0.3) is 12.2 Å². The molecule has 0 saturated carbocycles. The summed E-state index contributed by atoms with van der Waals surface area (Å²) in [7, 11) is 2.46. The summed E-state index contributed by atoms with van der Waals surface area (Å²) in [6, 6.07) is 9.74. The number of methoxy groups -OCH3 is 2. The van der Waals surface area contributed by atoms with Crippen LogP contribution in [0.1, 0.15) is 27.2 Å². The summed E-state index contributed by atoms with van der Waals surface area (Å²) < 4.78 is 9.51. The summed E-state index contributed by atoms with van der Waals surface area (Å²) in [6.07, 6.45) is 3.72. The highest BCUT2D eigenvalue weighted by Gasteiger charge is 2.24. The molecule has 0 radical (unpaired) electrons. The minimum Gasteiger partial charge on any atom is -0.469 e. The van der Waals surface area contributed by atoms with Crippen LogP contribution in [0.4, 0.5) is 0 Å². The Bertz CT molecular complexity index is 1240. The molecule has 0 aliphatic carbocycles. The number of hydrogen-bond donors (Lipinski definition) is 3. The van der Waals surface area contributed by atoms with E-state index in [0.717, 1.165) is 5.56 Å². The summed E-state index contributed by atoms with van der Waals surface area (Å²) in [5.74, 6) is -1.26. The minimum absolute atomic E-state index is 0.0718. The molecular formula is C21H20ClN3O5. The van der Waals surface area contributed by atoms with Gasteiger partial charge < -0.3 is 14.5 Å². The molecule has 30 heavy (non-hydrogen) atoms. The molecule has 9 heteroatoms. The van der Waals surface area contributed by atoms with Gasteiger partial charge in [-0.05, 0) is 18.1 Å². The number of aromatic nitrogens is 3. The van der Waals surface area contributed by atoms with E-state index in [0.29, 0.717) is 17.0 Å². The van der Waals surface area contributed by atoms with Crippen LogP contribution in [0.2, 0.25) is 5.15 Å². The summed E-state index contributed by atoms with van der Waals surface area (Å²) >= 11 is 6.22. The number of esters is 2. The molecule has 0 fully saturated rings. The van der Waals surface area contributed by atoms with E-state index in [-0.39, 0.29) is 34.0 Å². The van der Waals surface area contributed by atoms with Crippen molar-refractivity contribution in [2.45, 2.75) is 12.8 Å². The number of benzene rings is 1. The normalized spacial score (nSPS) is 12.2. The van der Waals surface area contributed by atoms with Crippen LogP contribution in [0, 0.1) is 0 Å². The lowest BCUT2D eigenvalue weighted by Gasteiger charge is -2.03. The van der Waals surface area contributed by atoms with Gasteiger partial charge in [0.25, 0.3) is 5.56 Å². The van der Waals surface area contributed by atoms with Crippen LogP contribution >= 0.6 is 11.6 Å². The summed E-state index contributed by atoms with van der Waals surface area (Å²) in [5, 5.41) is 6.32. The molecule has 0 amide bonds. The highest BCUT2D eigenvalue weighted by atomic mass is 35.5. The number of carbonyl (C=O) groups is 2. The molecule has 2 aromatic heterocycles. The molecule has 0 atom stereocenters. The minimum atomic E-state index is -0.690. The molecule has 3 N–H and O–H groups in total. The quantitative estimate of drug-likeness (QED) is 0.506. The molecule has 3 aromatic rings. The molecule has 0 unspecified atom stereocenters. The van der Waals surface area contributed by atoms with Crippen LogP contribution in [0.15, 0.2) is 35.1 Å². The van der Waals surface area contributed by atoms with Crippen LogP contribution in [-0.4, -0.2) is 41.3 Å². The number of H-pyrrole nitrogens is 3. The molecule has 8 nitrogen and oxygen atoms in total. The number of ether oxygens (including phenoxy) is 2. The second kappa shape index (κ2) is 9.32. The largest absolute Gasteiger partial charge is 0.469 e. The van der Waals surface area contributed by atoms with E-state index in [1.54, 1.807) is 0 Å². The zero-order valence-electron chi connectivity index (χ0n) is 16.4. The fraction of sp³-hybridized carbons (Fsp3) is 0.190. The topological polar surface area (TPSA) is 117 Å². The first-order valence-electron chi connectivity index (χ1n) is 9.02. The van der Waals surface area contributed by atoms with Gasteiger partial charge in [-0.15, -0.1) is 0 Å². The van der Waals surface area contributed by atoms with Crippen LogP contribution in [0.5, 0.6) is 0 Å². The van der Waals surface area contributed by atoms with Crippen molar-refractivity contribution in [2.75, 3.05) is 14.2 Å². The van der Waals surface area contributed by atoms with Gasteiger partial charge in [-0.3, -0.25) is 19.8 Å². The maximum Gasteiger partial charge on any atom is 0.340 e. The molecule has 1 aromatic carbocycles. The van der Waals surface area contributed by atoms with Gasteiger partial charge in [-0.25, -0.2) is 4.79 Å². The molecule has 0 aliphatic heterocycles. The number of rotatable bonds is 6. The first-order chi connectivity index (χ1) is 14.4. The molecule has 0 aliphatic rings. The maximum absolute atomic E-state index is 12.4. The van der Waals surface area contributed by atoms with E-state index >= 15 is 0 Å². The highest BCUT2D eigenvalue weighted by Crippen LogP contribution is 2.25. The summed E-state index contributed by atoms with van der Waals surface area (Å²) in [6.45, 7) is 0. The van der Waals surface area contributed by atoms with E-state index in [1.165, 1.54) is 20.3 Å². The molecule has 2 heterocycles. The van der Waals surface area contributed by atoms with Gasteiger partial charge in [0, 0.05) is 5.56 Å². The Morgan fingerprint density at radius 2 is 1.83 bits per heavy atom. The van der Waals surface area contributed by atoms with Gasteiger partial charge in [-0.2, -0.15) is 0 Å². The van der Waals surface area contributed by atoms with Gasteiger partial charge in [0.15, 0.2) is 0 Å². The molecular weight excluding hydrogens is 410 g/mol. The smallest absolute Gasteiger partial charge is 0.340 e. The maximum atomic E-state index is 12.4. The molecule has 156 valence electrons. The Labute approximate surface area is 176 Å². The van der Waals surface area contributed by atoms with Gasteiger partial charge in [0.05, 0.1) is 42.5 Å². The van der Waals surface area contributed by atoms with E-state index in [2.05, 4.69) is 19.9 Å². The van der Waals surface area contributed by atoms with Crippen molar-refractivity contribution in [3.63, 3.8) is 0 Å². The zero-order valence-corrected chi connectivity index (χ0v) is 17.1. The number of nitrogens with one attached hydrogen (secondary N) is 3. The van der Waals surface area contributed by atoms with Gasteiger partial charge in [0.1, 0.15) is 5.15 Å². The number of aromatic amines is 3. The fourth-order valence-electron chi connectivity index (χ4n) is 3.02. The van der Waals surface area contributed by atoms with E-state index in [9.17, 15) is 14.4 Å². The van der Waals surface area contributed by atoms with Gasteiger partial charge in [0.2, 0.25) is 0 Å². The lowest BCUT2D eigenvalue weighted by Crippen LogP contribution is -2.33. The Balaban J connectivity index is 2.13. The third-order valence-corrected chi connectivity index (χ3v) is 4.86. The fourth-order valence-corrected chi connectivity index (χ4v) is 3.28. The predicted molar refractivity (Wildman–Crippen MR) is 112 cm³/mol. The van der Waals surface area contributed by atoms with Crippen molar-refractivity contribution in [2.24, 2.45) is 0 Å². The average Bonchev–Trinajstić information content (AvgIpc) is 3.26. The van der Waals surface area contributed by atoms with Crippen LogP contribution in [-0.2, 0) is 27.1 Å². The molecule has 0 bridgehead atoms. The van der Waals surface area contributed by atoms with E-state index < -0.39 is 11.9 Å². The van der Waals surface area contributed by atoms with Crippen LogP contribution in [0.3, 0.4) is 0 Å². The summed E-state index contributed by atoms with van der Waals surface area (Å²) in [5.41, 5.74) is 1.27. The number of carbonyl (C=O) groups excluding carboxylic acids is 2. The molecule has 0 spiro atoms. The average molecular weight is 430 g/mol. The third kappa shape index (κ3) is 4.55. The van der Waals surface area contributed by atoms with Crippen molar-refractivity contribution in [1.82, 2.24) is 15.2 Å². The van der Waals surface area contributed by atoms with Gasteiger partial charge >= 0.3 is 11.9 Å². The first kappa shape index (κ1) is 21.2. The molecule has 0 saturated heterocycles. The lowest BCUT2D eigenvalue weighted by atomic mass is 10.1. The Hall–Kier alpha value is -3.52. The number of hydrogen-bond acceptors (Lipinski definition) is 5. The first-order valence-corrected chi connectivity index (χ1v) is 9.40. The standard InChI is InChI=1S/C21H20ClN3O5/c1-29-17(26)11-14-18(21(28)30-2)16(23-19(14)22)10-13-15(24-25-20(13)27)9-8-12-6-4-3-5-7-12/h3-7,9-10,23-24H,8,11H2,1-2H3,(H,25,27). The monoisotopic (exact) mass is 429 g/mol. The van der Waals surface area contributed by atoms with E-state index in [1.807, 2.05) is 36.4 Å². The molecule has 3 rings (SSSR count). The lowest BCUT2D eigenvalue weighted by molar-refractivity contribution is -0.139. The van der Waals surface area contributed by atoms with E-state index in [4.69, 9.17) is 16.3 Å².